The summed E-state index contributed by atoms with van der Waals surface area (Å²) in [6, 6.07) is 16.2. The number of rotatable bonds is 8. The minimum absolute atomic E-state index is 0.337. The zero-order valence-corrected chi connectivity index (χ0v) is 19.8. The fourth-order valence-electron chi connectivity index (χ4n) is 3.95. The highest BCUT2D eigenvalue weighted by Gasteiger charge is 2.66. The molecular formula is C25H25F4NO4S. The summed E-state index contributed by atoms with van der Waals surface area (Å²) in [4.78, 5) is 12.4. The molecule has 2 N–H and O–H groups in total. The van der Waals surface area contributed by atoms with Crippen LogP contribution in [0.3, 0.4) is 0 Å². The van der Waals surface area contributed by atoms with E-state index >= 15 is 4.39 Å². The number of hydrogen-bond acceptors (Lipinski definition) is 4. The second-order valence-corrected chi connectivity index (χ2v) is 10.5. The minimum Gasteiger partial charge on any atom is -0.396 e. The monoisotopic (exact) mass is 511 g/mol. The maximum absolute atomic E-state index is 15.7. The predicted molar refractivity (Wildman–Crippen MR) is 124 cm³/mol. The third kappa shape index (κ3) is 5.33. The number of aliphatic hydroxyl groups is 1. The molecule has 3 atom stereocenters. The Morgan fingerprint density at radius 3 is 2.17 bits per heavy atom. The predicted octanol–water partition coefficient (Wildman–Crippen LogP) is 4.68. The number of benzene rings is 3. The maximum atomic E-state index is 15.7. The average molecular weight is 512 g/mol. The Bertz CT molecular complexity index is 1300. The molecular weight excluding hydrogens is 486 g/mol. The van der Waals surface area contributed by atoms with E-state index in [0.29, 0.717) is 16.5 Å². The SMILES string of the molecule is Cc1ccc(S(=O)(=O)C[C@@H](CO)[C@@](F)(C(=O)NC(C)c2cccc3ccccc23)C(F)(F)F)cc1. The molecule has 1 unspecified atom stereocenters. The third-order valence-corrected chi connectivity index (χ3v) is 7.80. The van der Waals surface area contributed by atoms with Crippen LogP contribution in [0.25, 0.3) is 10.8 Å². The second-order valence-electron chi connectivity index (χ2n) is 8.45. The Hall–Kier alpha value is -2.98. The molecule has 0 saturated carbocycles. The van der Waals surface area contributed by atoms with Crippen molar-refractivity contribution in [1.29, 1.82) is 0 Å². The van der Waals surface area contributed by atoms with E-state index in [-0.39, 0.29) is 4.90 Å². The molecule has 0 spiro atoms. The number of carbonyl (C=O) groups is 1. The number of aryl methyl sites for hydroxylation is 1. The number of hydrogen-bond donors (Lipinski definition) is 2. The quantitative estimate of drug-likeness (QED) is 0.431. The van der Waals surface area contributed by atoms with Crippen molar-refractivity contribution in [2.45, 2.75) is 36.6 Å². The Balaban J connectivity index is 1.94. The molecule has 0 aliphatic heterocycles. The number of aliphatic hydroxyl groups excluding tert-OH is 1. The number of carbonyl (C=O) groups excluding carboxylic acids is 1. The van der Waals surface area contributed by atoms with Gasteiger partial charge < -0.3 is 10.4 Å². The molecule has 0 fully saturated rings. The molecule has 5 nitrogen and oxygen atoms in total. The minimum atomic E-state index is -5.79. The number of fused-ring (bicyclic) bond motifs is 1. The van der Waals surface area contributed by atoms with Crippen molar-refractivity contribution in [1.82, 2.24) is 5.32 Å². The summed E-state index contributed by atoms with van der Waals surface area (Å²) in [6.07, 6.45) is -5.79. The molecule has 3 aromatic carbocycles. The summed E-state index contributed by atoms with van der Waals surface area (Å²) in [5.74, 6) is -6.07. The smallest absolute Gasteiger partial charge is 0.396 e. The van der Waals surface area contributed by atoms with E-state index in [0.717, 1.165) is 5.39 Å². The Morgan fingerprint density at radius 1 is 0.971 bits per heavy atom. The highest BCUT2D eigenvalue weighted by atomic mass is 32.2. The van der Waals surface area contributed by atoms with Crippen molar-refractivity contribution in [2.24, 2.45) is 5.92 Å². The lowest BCUT2D eigenvalue weighted by molar-refractivity contribution is -0.243. The number of alkyl halides is 4. The van der Waals surface area contributed by atoms with Gasteiger partial charge in [0.25, 0.3) is 11.6 Å². The van der Waals surface area contributed by atoms with Crippen LogP contribution in [-0.2, 0) is 14.6 Å². The van der Waals surface area contributed by atoms with Crippen molar-refractivity contribution < 1.29 is 35.9 Å². The molecule has 1 amide bonds. The summed E-state index contributed by atoms with van der Waals surface area (Å²) in [5.41, 5.74) is -3.49. The van der Waals surface area contributed by atoms with Gasteiger partial charge in [0.15, 0.2) is 9.84 Å². The molecule has 0 bridgehead atoms. The van der Waals surface area contributed by atoms with E-state index in [9.17, 15) is 31.5 Å². The summed E-state index contributed by atoms with van der Waals surface area (Å²) >= 11 is 0. The van der Waals surface area contributed by atoms with Crippen molar-refractivity contribution in [3.8, 4) is 0 Å². The normalized spacial score (nSPS) is 15.9. The molecule has 0 radical (unpaired) electrons. The van der Waals surface area contributed by atoms with Crippen LogP contribution in [0, 0.1) is 12.8 Å². The van der Waals surface area contributed by atoms with Crippen LogP contribution < -0.4 is 5.32 Å². The topological polar surface area (TPSA) is 83.5 Å². The van der Waals surface area contributed by atoms with Gasteiger partial charge in [0.1, 0.15) is 0 Å². The van der Waals surface area contributed by atoms with Crippen molar-refractivity contribution in [3.63, 3.8) is 0 Å². The van der Waals surface area contributed by atoms with E-state index in [1.807, 2.05) is 5.32 Å². The van der Waals surface area contributed by atoms with E-state index < -0.39 is 51.9 Å². The summed E-state index contributed by atoms with van der Waals surface area (Å²) in [6.45, 7) is 1.56. The van der Waals surface area contributed by atoms with Crippen molar-refractivity contribution >= 4 is 26.5 Å². The van der Waals surface area contributed by atoms with Gasteiger partial charge in [-0.3, -0.25) is 4.79 Å². The van der Waals surface area contributed by atoms with Gasteiger partial charge in [-0.2, -0.15) is 13.2 Å². The van der Waals surface area contributed by atoms with Crippen LogP contribution >= 0.6 is 0 Å². The fourth-order valence-corrected chi connectivity index (χ4v) is 5.56. The van der Waals surface area contributed by atoms with Crippen LogP contribution in [0.2, 0.25) is 0 Å². The first-order valence-electron chi connectivity index (χ1n) is 10.8. The van der Waals surface area contributed by atoms with E-state index in [1.54, 1.807) is 49.4 Å². The Labute approximate surface area is 200 Å². The van der Waals surface area contributed by atoms with Crippen LogP contribution in [0.4, 0.5) is 17.6 Å². The van der Waals surface area contributed by atoms with Gasteiger partial charge in [-0.25, -0.2) is 12.8 Å². The standard InChI is InChI=1S/C25H25F4NO4S/c1-16-10-12-20(13-11-16)35(33,34)15-19(14-31)24(26,25(27,28)29)23(32)30-17(2)21-9-5-7-18-6-3-4-8-22(18)21/h3-13,17,19,31H,14-15H2,1-2H3,(H,30,32)/t17?,19-,24-/m1/s1. The lowest BCUT2D eigenvalue weighted by Crippen LogP contribution is -2.60. The molecule has 0 aliphatic rings. The zero-order chi connectivity index (χ0) is 26.0. The molecule has 0 aromatic heterocycles. The lowest BCUT2D eigenvalue weighted by atomic mass is 9.88. The molecule has 35 heavy (non-hydrogen) atoms. The summed E-state index contributed by atoms with van der Waals surface area (Å²) in [5, 5.41) is 13.1. The number of sulfone groups is 1. The highest BCUT2D eigenvalue weighted by molar-refractivity contribution is 7.91. The molecule has 0 aliphatic carbocycles. The molecule has 0 heterocycles. The molecule has 10 heteroatoms. The second kappa shape index (κ2) is 9.94. The Morgan fingerprint density at radius 2 is 1.57 bits per heavy atom. The number of amides is 1. The maximum Gasteiger partial charge on any atom is 0.432 e. The lowest BCUT2D eigenvalue weighted by Gasteiger charge is -2.34. The highest BCUT2D eigenvalue weighted by Crippen LogP contribution is 2.42. The molecule has 3 rings (SSSR count). The van der Waals surface area contributed by atoms with E-state index in [4.69, 9.17) is 0 Å². The third-order valence-electron chi connectivity index (χ3n) is 5.96. The van der Waals surface area contributed by atoms with Crippen LogP contribution in [0.1, 0.15) is 24.1 Å². The van der Waals surface area contributed by atoms with Gasteiger partial charge in [-0.15, -0.1) is 0 Å². The number of halogens is 4. The average Bonchev–Trinajstić information content (AvgIpc) is 2.81. The van der Waals surface area contributed by atoms with Gasteiger partial charge >= 0.3 is 6.18 Å². The van der Waals surface area contributed by atoms with Crippen molar-refractivity contribution in [3.05, 3.63) is 77.9 Å². The van der Waals surface area contributed by atoms with E-state index in [2.05, 4.69) is 0 Å². The van der Waals surface area contributed by atoms with Crippen LogP contribution in [0.15, 0.2) is 71.6 Å². The molecule has 0 saturated heterocycles. The van der Waals surface area contributed by atoms with Crippen LogP contribution in [0.5, 0.6) is 0 Å². The van der Waals surface area contributed by atoms with Gasteiger partial charge in [0.2, 0.25) is 0 Å². The first kappa shape index (κ1) is 26.6. The van der Waals surface area contributed by atoms with Gasteiger partial charge in [-0.1, -0.05) is 60.2 Å². The zero-order valence-electron chi connectivity index (χ0n) is 19.0. The van der Waals surface area contributed by atoms with Gasteiger partial charge in [0, 0.05) is 5.92 Å². The van der Waals surface area contributed by atoms with Gasteiger partial charge in [0.05, 0.1) is 23.3 Å². The molecule has 3 aromatic rings. The van der Waals surface area contributed by atoms with E-state index in [1.165, 1.54) is 31.2 Å². The summed E-state index contributed by atoms with van der Waals surface area (Å²) in [7, 11) is -4.45. The van der Waals surface area contributed by atoms with Crippen LogP contribution in [-0.4, -0.2) is 43.6 Å². The first-order chi connectivity index (χ1) is 16.3. The molecule has 188 valence electrons. The largest absolute Gasteiger partial charge is 0.432 e. The Kier molecular flexibility index (Phi) is 7.56. The first-order valence-corrected chi connectivity index (χ1v) is 12.4. The van der Waals surface area contributed by atoms with Gasteiger partial charge in [-0.05, 0) is 42.3 Å². The fraction of sp³-hybridized carbons (Fsp3) is 0.320. The summed E-state index contributed by atoms with van der Waals surface area (Å²) < 4.78 is 83.1. The van der Waals surface area contributed by atoms with Crippen molar-refractivity contribution in [2.75, 3.05) is 12.4 Å². The number of nitrogens with one attached hydrogen (secondary N) is 1.